The van der Waals surface area contributed by atoms with E-state index in [0.717, 1.165) is 29.3 Å². The Balaban J connectivity index is 1.40. The smallest absolute Gasteiger partial charge is 0.248 e. The average molecular weight is 495 g/mol. The van der Waals surface area contributed by atoms with Gasteiger partial charge in [0.15, 0.2) is 0 Å². The molecule has 7 nitrogen and oxygen atoms in total. The van der Waals surface area contributed by atoms with Crippen LogP contribution < -0.4 is 0 Å². The van der Waals surface area contributed by atoms with E-state index in [1.807, 2.05) is 24.3 Å². The molecule has 1 aliphatic heterocycles. The first kappa shape index (κ1) is 20.5. The topological polar surface area (TPSA) is 89.2 Å². The predicted molar refractivity (Wildman–Crippen MR) is 114 cm³/mol. The van der Waals surface area contributed by atoms with Gasteiger partial charge in [-0.25, -0.2) is 13.4 Å². The number of aromatic nitrogens is 3. The largest absolute Gasteiger partial charge is 0.420 e. The third kappa shape index (κ3) is 4.71. The summed E-state index contributed by atoms with van der Waals surface area (Å²) in [5.41, 5.74) is 0.835. The summed E-state index contributed by atoms with van der Waals surface area (Å²) in [6, 6.07) is 11.0. The quantitative estimate of drug-likeness (QED) is 0.470. The van der Waals surface area contributed by atoms with Crippen LogP contribution in [-0.2, 0) is 15.8 Å². The number of nitrogens with zero attached hydrogens (tertiary/aromatic N) is 4. The molecule has 1 aliphatic rings. The van der Waals surface area contributed by atoms with Crippen molar-refractivity contribution in [3.63, 3.8) is 0 Å². The minimum absolute atomic E-state index is 0.234. The lowest BCUT2D eigenvalue weighted by Crippen LogP contribution is -2.35. The van der Waals surface area contributed by atoms with Crippen molar-refractivity contribution in [3.8, 4) is 11.5 Å². The number of hydrogen-bond acceptors (Lipinski definition) is 7. The van der Waals surface area contributed by atoms with E-state index in [-0.39, 0.29) is 4.90 Å². The minimum atomic E-state index is -3.46. The van der Waals surface area contributed by atoms with Gasteiger partial charge in [-0.1, -0.05) is 30.3 Å². The van der Waals surface area contributed by atoms with Crippen LogP contribution in [0.25, 0.3) is 11.5 Å². The van der Waals surface area contributed by atoms with Gasteiger partial charge in [-0.15, -0.1) is 10.2 Å². The van der Waals surface area contributed by atoms with Gasteiger partial charge in [0.25, 0.3) is 0 Å². The summed E-state index contributed by atoms with van der Waals surface area (Å²) in [5.74, 6) is 1.37. The molecule has 3 heterocycles. The maximum Gasteiger partial charge on any atom is 0.248 e. The van der Waals surface area contributed by atoms with E-state index in [0.29, 0.717) is 35.6 Å². The van der Waals surface area contributed by atoms with Crippen LogP contribution in [0.3, 0.4) is 0 Å². The van der Waals surface area contributed by atoms with E-state index < -0.39 is 10.0 Å². The summed E-state index contributed by atoms with van der Waals surface area (Å²) >= 11 is 4.89. The van der Waals surface area contributed by atoms with Gasteiger partial charge in [0.05, 0.1) is 16.3 Å². The zero-order chi connectivity index (χ0) is 20.3. The van der Waals surface area contributed by atoms with Crippen molar-refractivity contribution in [1.29, 1.82) is 0 Å². The maximum atomic E-state index is 12.7. The molecule has 1 fully saturated rings. The molecule has 0 aliphatic carbocycles. The highest BCUT2D eigenvalue weighted by atomic mass is 79.9. The molecule has 1 aromatic carbocycles. The summed E-state index contributed by atoms with van der Waals surface area (Å²) < 4.78 is 33.5. The zero-order valence-electron chi connectivity index (χ0n) is 15.5. The van der Waals surface area contributed by atoms with Crippen molar-refractivity contribution in [2.45, 2.75) is 34.9 Å². The molecule has 0 bridgehead atoms. The number of hydrogen-bond donors (Lipinski definition) is 0. The predicted octanol–water partition coefficient (Wildman–Crippen LogP) is 4.36. The molecule has 10 heteroatoms. The number of halogens is 1. The van der Waals surface area contributed by atoms with Crippen LogP contribution in [0.15, 0.2) is 61.4 Å². The molecule has 0 amide bonds. The van der Waals surface area contributed by atoms with Gasteiger partial charge in [-0.3, -0.25) is 0 Å². The fourth-order valence-electron chi connectivity index (χ4n) is 3.05. The van der Waals surface area contributed by atoms with E-state index in [1.54, 1.807) is 16.4 Å². The average Bonchev–Trinajstić information content (AvgIpc) is 3.22. The van der Waals surface area contributed by atoms with Crippen molar-refractivity contribution in [3.05, 3.63) is 53.0 Å². The molecular weight excluding hydrogens is 476 g/mol. The normalized spacial score (nSPS) is 15.5. The van der Waals surface area contributed by atoms with Crippen molar-refractivity contribution in [2.24, 2.45) is 0 Å². The van der Waals surface area contributed by atoms with Crippen LogP contribution in [0.4, 0.5) is 0 Å². The summed E-state index contributed by atoms with van der Waals surface area (Å²) in [5, 5.41) is 8.87. The Kier molecular flexibility index (Phi) is 6.33. The summed E-state index contributed by atoms with van der Waals surface area (Å²) in [6.45, 7) is 1.16. The number of sulfonamides is 1. The fourth-order valence-corrected chi connectivity index (χ4v) is 5.65. The number of benzene rings is 1. The van der Waals surface area contributed by atoms with E-state index in [4.69, 9.17) is 4.42 Å². The van der Waals surface area contributed by atoms with E-state index in [2.05, 4.69) is 31.1 Å². The SMILES string of the molecule is O=S(=O)(c1ccc(SCc2nnc(-c3ccccc3Br)o2)nc1)N1CCCCC1. The van der Waals surface area contributed by atoms with Gasteiger partial charge in [0.1, 0.15) is 4.90 Å². The van der Waals surface area contributed by atoms with Gasteiger partial charge in [0.2, 0.25) is 21.8 Å². The second-order valence-corrected chi connectivity index (χ2v) is 10.4. The van der Waals surface area contributed by atoms with E-state index in [1.165, 1.54) is 18.0 Å². The Morgan fingerprint density at radius 2 is 1.86 bits per heavy atom. The van der Waals surface area contributed by atoms with Crippen LogP contribution in [0, 0.1) is 0 Å². The first-order valence-electron chi connectivity index (χ1n) is 9.20. The molecule has 0 spiro atoms. The molecule has 2 aromatic heterocycles. The molecule has 29 heavy (non-hydrogen) atoms. The number of thioether (sulfide) groups is 1. The van der Waals surface area contributed by atoms with Gasteiger partial charge in [0, 0.05) is 23.8 Å². The highest BCUT2D eigenvalue weighted by Crippen LogP contribution is 2.29. The molecular formula is C19H19BrN4O3S2. The molecule has 0 atom stereocenters. The van der Waals surface area contributed by atoms with Gasteiger partial charge >= 0.3 is 0 Å². The Labute approximate surface area is 182 Å². The molecule has 3 aromatic rings. The second kappa shape index (κ2) is 8.95. The van der Waals surface area contributed by atoms with Crippen molar-refractivity contribution in [1.82, 2.24) is 19.5 Å². The Bertz CT molecular complexity index is 1080. The Morgan fingerprint density at radius 1 is 1.07 bits per heavy atom. The summed E-state index contributed by atoms with van der Waals surface area (Å²) in [6.07, 6.45) is 4.32. The zero-order valence-corrected chi connectivity index (χ0v) is 18.7. The molecule has 0 saturated carbocycles. The highest BCUT2D eigenvalue weighted by Gasteiger charge is 2.26. The maximum absolute atomic E-state index is 12.7. The van der Waals surface area contributed by atoms with Crippen LogP contribution in [0.1, 0.15) is 25.2 Å². The molecule has 0 radical (unpaired) electrons. The van der Waals surface area contributed by atoms with Gasteiger partial charge in [-0.05, 0) is 53.0 Å². The number of piperidine rings is 1. The van der Waals surface area contributed by atoms with E-state index in [9.17, 15) is 8.42 Å². The van der Waals surface area contributed by atoms with Gasteiger partial charge in [-0.2, -0.15) is 4.31 Å². The standard InChI is InChI=1S/C19H19BrN4O3S2/c20-16-7-3-2-6-15(16)19-23-22-17(27-19)13-28-18-9-8-14(12-21-18)29(25,26)24-10-4-1-5-11-24/h2-3,6-9,12H,1,4-5,10-11,13H2. The van der Waals surface area contributed by atoms with Crippen molar-refractivity contribution in [2.75, 3.05) is 13.1 Å². The third-order valence-electron chi connectivity index (χ3n) is 4.58. The lowest BCUT2D eigenvalue weighted by atomic mass is 10.2. The van der Waals surface area contributed by atoms with Crippen LogP contribution in [-0.4, -0.2) is 41.0 Å². The Hall–Kier alpha value is -1.75. The van der Waals surface area contributed by atoms with Crippen molar-refractivity contribution >= 4 is 37.7 Å². The van der Waals surface area contributed by atoms with Crippen molar-refractivity contribution < 1.29 is 12.8 Å². The number of pyridine rings is 1. The monoisotopic (exact) mass is 494 g/mol. The molecule has 1 saturated heterocycles. The number of rotatable bonds is 6. The molecule has 152 valence electrons. The van der Waals surface area contributed by atoms with Crippen LogP contribution in [0.2, 0.25) is 0 Å². The third-order valence-corrected chi connectivity index (χ3v) is 8.08. The lowest BCUT2D eigenvalue weighted by Gasteiger charge is -2.25. The minimum Gasteiger partial charge on any atom is -0.420 e. The lowest BCUT2D eigenvalue weighted by molar-refractivity contribution is 0.346. The first-order valence-corrected chi connectivity index (χ1v) is 12.4. The molecule has 4 rings (SSSR count). The van der Waals surface area contributed by atoms with E-state index >= 15 is 0 Å². The highest BCUT2D eigenvalue weighted by molar-refractivity contribution is 9.10. The van der Waals surface area contributed by atoms with Crippen LogP contribution in [0.5, 0.6) is 0 Å². The first-order chi connectivity index (χ1) is 14.0. The molecule has 0 unspecified atom stereocenters. The Morgan fingerprint density at radius 3 is 2.59 bits per heavy atom. The van der Waals surface area contributed by atoms with Gasteiger partial charge < -0.3 is 4.42 Å². The summed E-state index contributed by atoms with van der Waals surface area (Å²) in [7, 11) is -3.46. The molecule has 0 N–H and O–H groups in total. The second-order valence-electron chi connectivity index (χ2n) is 6.57. The summed E-state index contributed by atoms with van der Waals surface area (Å²) in [4.78, 5) is 4.53. The van der Waals surface area contributed by atoms with Crippen LogP contribution >= 0.6 is 27.7 Å². The fraction of sp³-hybridized carbons (Fsp3) is 0.316.